The number of hydrogen-bond acceptors (Lipinski definition) is 4. The summed E-state index contributed by atoms with van der Waals surface area (Å²) < 4.78 is 0.880. The molecule has 0 radical (unpaired) electrons. The summed E-state index contributed by atoms with van der Waals surface area (Å²) in [6, 6.07) is 11.3. The van der Waals surface area contributed by atoms with Crippen LogP contribution in [0.3, 0.4) is 0 Å². The number of nitrogens with zero attached hydrogens (tertiary/aromatic N) is 1. The molecule has 0 spiro atoms. The van der Waals surface area contributed by atoms with Crippen molar-refractivity contribution in [3.63, 3.8) is 0 Å². The Kier molecular flexibility index (Phi) is 4.66. The average molecular weight is 379 g/mol. The summed E-state index contributed by atoms with van der Waals surface area (Å²) in [6.07, 6.45) is 2.86. The Bertz CT molecular complexity index is 1020. The van der Waals surface area contributed by atoms with Gasteiger partial charge in [0.2, 0.25) is 5.91 Å². The standard InChI is InChI=1S/C21H21N3O2S/c1-12-4-3-5-13(2)19(12)24-20(26)15-8-9-16-17(11-15)27-21(22-16)23-18(25)10-14-6-7-14/h3-5,8-9,11,14H,6-7,10H2,1-2H3,(H,24,26)(H,22,23,25). The fraction of sp³-hybridized carbons (Fsp3) is 0.286. The van der Waals surface area contributed by atoms with Crippen LogP contribution in [0.2, 0.25) is 0 Å². The van der Waals surface area contributed by atoms with Crippen LogP contribution in [-0.2, 0) is 4.79 Å². The Morgan fingerprint density at radius 1 is 1.11 bits per heavy atom. The molecule has 138 valence electrons. The van der Waals surface area contributed by atoms with Crippen molar-refractivity contribution in [1.29, 1.82) is 0 Å². The second-order valence-corrected chi connectivity index (χ2v) is 8.15. The van der Waals surface area contributed by atoms with Gasteiger partial charge < -0.3 is 10.6 Å². The van der Waals surface area contributed by atoms with E-state index in [4.69, 9.17) is 0 Å². The number of rotatable bonds is 5. The monoisotopic (exact) mass is 379 g/mol. The number of anilines is 2. The van der Waals surface area contributed by atoms with Crippen LogP contribution >= 0.6 is 11.3 Å². The molecule has 1 fully saturated rings. The smallest absolute Gasteiger partial charge is 0.255 e. The molecule has 0 unspecified atom stereocenters. The average Bonchev–Trinajstić information content (AvgIpc) is 3.34. The molecule has 1 saturated carbocycles. The Morgan fingerprint density at radius 3 is 2.56 bits per heavy atom. The molecular formula is C21H21N3O2S. The lowest BCUT2D eigenvalue weighted by Crippen LogP contribution is -2.13. The van der Waals surface area contributed by atoms with Gasteiger partial charge >= 0.3 is 0 Å². The first-order valence-corrected chi connectivity index (χ1v) is 9.89. The zero-order chi connectivity index (χ0) is 19.0. The number of aryl methyl sites for hydroxylation is 2. The van der Waals surface area contributed by atoms with Gasteiger partial charge in [-0.2, -0.15) is 0 Å². The summed E-state index contributed by atoms with van der Waals surface area (Å²) in [5, 5.41) is 6.46. The van der Waals surface area contributed by atoms with E-state index in [0.717, 1.165) is 39.9 Å². The van der Waals surface area contributed by atoms with Crippen LogP contribution in [0.4, 0.5) is 10.8 Å². The molecule has 1 aromatic heterocycles. The molecule has 0 atom stereocenters. The molecule has 0 aliphatic heterocycles. The van der Waals surface area contributed by atoms with Gasteiger partial charge in [0.15, 0.2) is 5.13 Å². The molecule has 1 heterocycles. The highest BCUT2D eigenvalue weighted by molar-refractivity contribution is 7.22. The number of hydrogen-bond donors (Lipinski definition) is 2. The van der Waals surface area contributed by atoms with Crippen molar-refractivity contribution in [2.24, 2.45) is 5.92 Å². The number of benzene rings is 2. The van der Waals surface area contributed by atoms with Crippen molar-refractivity contribution in [3.8, 4) is 0 Å². The minimum atomic E-state index is -0.151. The van der Waals surface area contributed by atoms with Gasteiger partial charge in [-0.05, 0) is 61.9 Å². The molecule has 0 bridgehead atoms. The summed E-state index contributed by atoms with van der Waals surface area (Å²) in [6.45, 7) is 3.96. The van der Waals surface area contributed by atoms with Gasteiger partial charge in [0.25, 0.3) is 5.91 Å². The first kappa shape index (κ1) is 17.7. The molecule has 2 aromatic carbocycles. The normalized spacial score (nSPS) is 13.6. The number of carbonyl (C=O) groups excluding carboxylic acids is 2. The Morgan fingerprint density at radius 2 is 1.85 bits per heavy atom. The maximum absolute atomic E-state index is 12.7. The Balaban J connectivity index is 1.52. The molecule has 27 heavy (non-hydrogen) atoms. The highest BCUT2D eigenvalue weighted by Crippen LogP contribution is 2.33. The maximum Gasteiger partial charge on any atom is 0.255 e. The van der Waals surface area contributed by atoms with Gasteiger partial charge in [0.1, 0.15) is 0 Å². The van der Waals surface area contributed by atoms with Crippen LogP contribution in [0.15, 0.2) is 36.4 Å². The fourth-order valence-electron chi connectivity index (χ4n) is 3.07. The number of thiazole rings is 1. The summed E-state index contributed by atoms with van der Waals surface area (Å²) in [7, 11) is 0. The topological polar surface area (TPSA) is 71.1 Å². The third kappa shape index (κ3) is 4.01. The number of aromatic nitrogens is 1. The quantitative estimate of drug-likeness (QED) is 0.662. The van der Waals surface area contributed by atoms with Crippen molar-refractivity contribution in [2.45, 2.75) is 33.1 Å². The minimum absolute atomic E-state index is 0.0181. The van der Waals surface area contributed by atoms with Crippen LogP contribution in [0, 0.1) is 19.8 Å². The van der Waals surface area contributed by atoms with Crippen molar-refractivity contribution in [1.82, 2.24) is 4.98 Å². The number of amides is 2. The van der Waals surface area contributed by atoms with Gasteiger partial charge in [-0.15, -0.1) is 0 Å². The first-order chi connectivity index (χ1) is 13.0. The molecule has 1 aliphatic carbocycles. The molecular weight excluding hydrogens is 358 g/mol. The van der Waals surface area contributed by atoms with E-state index >= 15 is 0 Å². The van der Waals surface area contributed by atoms with Crippen LogP contribution in [0.1, 0.15) is 40.7 Å². The lowest BCUT2D eigenvalue weighted by molar-refractivity contribution is -0.116. The number of nitrogens with one attached hydrogen (secondary N) is 2. The molecule has 2 amide bonds. The van der Waals surface area contributed by atoms with E-state index < -0.39 is 0 Å². The predicted octanol–water partition coefficient (Wildman–Crippen LogP) is 4.90. The zero-order valence-corrected chi connectivity index (χ0v) is 16.2. The van der Waals surface area contributed by atoms with E-state index in [0.29, 0.717) is 23.0 Å². The molecule has 6 heteroatoms. The number of fused-ring (bicyclic) bond motifs is 1. The Labute approximate surface area is 161 Å². The van der Waals surface area contributed by atoms with Crippen molar-refractivity contribution >= 4 is 44.2 Å². The van der Waals surface area contributed by atoms with Crippen molar-refractivity contribution < 1.29 is 9.59 Å². The van der Waals surface area contributed by atoms with Gasteiger partial charge in [-0.25, -0.2) is 4.98 Å². The Hall–Kier alpha value is -2.73. The van der Waals surface area contributed by atoms with Crippen LogP contribution in [-0.4, -0.2) is 16.8 Å². The lowest BCUT2D eigenvalue weighted by Gasteiger charge is -2.11. The van der Waals surface area contributed by atoms with Crippen LogP contribution in [0.25, 0.3) is 10.2 Å². The molecule has 2 N–H and O–H groups in total. The maximum atomic E-state index is 12.7. The van der Waals surface area contributed by atoms with Crippen LogP contribution < -0.4 is 10.6 Å². The lowest BCUT2D eigenvalue weighted by atomic mass is 10.1. The van der Waals surface area contributed by atoms with Gasteiger partial charge in [-0.3, -0.25) is 9.59 Å². The van der Waals surface area contributed by atoms with Gasteiger partial charge in [-0.1, -0.05) is 29.5 Å². The van der Waals surface area contributed by atoms with Crippen LogP contribution in [0.5, 0.6) is 0 Å². The second-order valence-electron chi connectivity index (χ2n) is 7.12. The fourth-order valence-corrected chi connectivity index (χ4v) is 3.99. The SMILES string of the molecule is Cc1cccc(C)c1NC(=O)c1ccc2nc(NC(=O)CC3CC3)sc2c1. The first-order valence-electron chi connectivity index (χ1n) is 9.07. The van der Waals surface area contributed by atoms with Gasteiger partial charge in [0, 0.05) is 17.7 Å². The molecule has 0 saturated heterocycles. The van der Waals surface area contributed by atoms with Crippen molar-refractivity contribution in [3.05, 3.63) is 53.1 Å². The molecule has 3 aromatic rings. The highest BCUT2D eigenvalue weighted by atomic mass is 32.1. The predicted molar refractivity (Wildman–Crippen MR) is 109 cm³/mol. The van der Waals surface area contributed by atoms with E-state index in [9.17, 15) is 9.59 Å². The van der Waals surface area contributed by atoms with E-state index in [1.165, 1.54) is 11.3 Å². The summed E-state index contributed by atoms with van der Waals surface area (Å²) in [5.41, 5.74) is 4.26. The van der Waals surface area contributed by atoms with E-state index in [2.05, 4.69) is 15.6 Å². The minimum Gasteiger partial charge on any atom is -0.322 e. The zero-order valence-electron chi connectivity index (χ0n) is 15.3. The molecule has 1 aliphatic rings. The molecule has 5 nitrogen and oxygen atoms in total. The van der Waals surface area contributed by atoms with E-state index in [1.807, 2.05) is 44.2 Å². The summed E-state index contributed by atoms with van der Waals surface area (Å²) >= 11 is 1.39. The van der Waals surface area contributed by atoms with E-state index in [-0.39, 0.29) is 11.8 Å². The third-order valence-electron chi connectivity index (χ3n) is 4.79. The number of para-hydroxylation sites is 1. The third-order valence-corrected chi connectivity index (χ3v) is 5.72. The second kappa shape index (κ2) is 7.12. The van der Waals surface area contributed by atoms with Crippen molar-refractivity contribution in [2.75, 3.05) is 10.6 Å². The van der Waals surface area contributed by atoms with E-state index in [1.54, 1.807) is 6.07 Å². The largest absolute Gasteiger partial charge is 0.322 e. The summed E-state index contributed by atoms with van der Waals surface area (Å²) in [4.78, 5) is 29.1. The molecule has 4 rings (SSSR count). The number of carbonyl (C=O) groups is 2. The van der Waals surface area contributed by atoms with Gasteiger partial charge in [0.05, 0.1) is 10.2 Å². The summed E-state index contributed by atoms with van der Waals surface area (Å²) in [5.74, 6) is 0.408. The highest BCUT2D eigenvalue weighted by Gasteiger charge is 2.24.